The third-order valence-electron chi connectivity index (χ3n) is 3.46. The van der Waals surface area contributed by atoms with Gasteiger partial charge in [-0.2, -0.15) is 5.26 Å². The summed E-state index contributed by atoms with van der Waals surface area (Å²) in [4.78, 5) is 13.9. The van der Waals surface area contributed by atoms with Crippen LogP contribution in [0.1, 0.15) is 11.1 Å². The van der Waals surface area contributed by atoms with Crippen molar-refractivity contribution < 1.29 is 9.53 Å². The van der Waals surface area contributed by atoms with E-state index in [-0.39, 0.29) is 12.5 Å². The summed E-state index contributed by atoms with van der Waals surface area (Å²) in [6, 6.07) is 14.9. The lowest BCUT2D eigenvalue weighted by Crippen LogP contribution is -2.23. The van der Waals surface area contributed by atoms with Crippen LogP contribution < -0.4 is 9.64 Å². The van der Waals surface area contributed by atoms with Crippen LogP contribution in [-0.4, -0.2) is 19.6 Å². The van der Waals surface area contributed by atoms with Gasteiger partial charge in [0, 0.05) is 23.3 Å². The number of amides is 1. The van der Waals surface area contributed by atoms with Crippen molar-refractivity contribution in [1.29, 1.82) is 5.26 Å². The van der Waals surface area contributed by atoms with Gasteiger partial charge in [0.05, 0.1) is 0 Å². The number of likely N-dealkylation sites (N-methyl/N-ethyl adjacent to an activating group) is 1. The van der Waals surface area contributed by atoms with Crippen LogP contribution in [-0.2, 0) is 4.79 Å². The molecular weight excluding hydrogens is 368 g/mol. The second kappa shape index (κ2) is 8.32. The summed E-state index contributed by atoms with van der Waals surface area (Å²) in [6.45, 7) is 2.00. The minimum Gasteiger partial charge on any atom is -0.479 e. The van der Waals surface area contributed by atoms with Crippen LogP contribution in [0.5, 0.6) is 5.75 Å². The normalized spacial score (nSPS) is 10.4. The molecule has 0 heterocycles. The van der Waals surface area contributed by atoms with E-state index < -0.39 is 0 Å². The molecule has 0 spiro atoms. The molecular formula is C19H17BrN2O2. The molecule has 0 fully saturated rings. The van der Waals surface area contributed by atoms with E-state index in [0.29, 0.717) is 5.75 Å². The van der Waals surface area contributed by atoms with Crippen LogP contribution in [0.15, 0.2) is 53.0 Å². The highest BCUT2D eigenvalue weighted by Gasteiger charge is 2.08. The van der Waals surface area contributed by atoms with Crippen molar-refractivity contribution in [2.45, 2.75) is 6.92 Å². The Morgan fingerprint density at radius 1 is 1.29 bits per heavy atom. The third-order valence-corrected chi connectivity index (χ3v) is 4.35. The van der Waals surface area contributed by atoms with Crippen LogP contribution in [0, 0.1) is 18.3 Å². The number of carbonyl (C=O) groups excluding carboxylic acids is 1. The maximum atomic E-state index is 12.3. The molecule has 0 aromatic heterocycles. The fourth-order valence-electron chi connectivity index (χ4n) is 2.03. The number of benzene rings is 2. The van der Waals surface area contributed by atoms with Crippen molar-refractivity contribution >= 4 is 33.6 Å². The van der Waals surface area contributed by atoms with Gasteiger partial charge in [-0.05, 0) is 54.5 Å². The highest BCUT2D eigenvalue weighted by Crippen LogP contribution is 2.22. The SMILES string of the molecule is Cc1cc(N(C)C(=O)/C=C/c2ccc(OCC#N)cc2)ccc1Br. The van der Waals surface area contributed by atoms with Crippen molar-refractivity contribution in [1.82, 2.24) is 0 Å². The maximum Gasteiger partial charge on any atom is 0.250 e. The number of rotatable bonds is 5. The summed E-state index contributed by atoms with van der Waals surface area (Å²) in [6.07, 6.45) is 3.28. The van der Waals surface area contributed by atoms with Crippen molar-refractivity contribution in [2.24, 2.45) is 0 Å². The van der Waals surface area contributed by atoms with E-state index in [1.165, 1.54) is 6.08 Å². The highest BCUT2D eigenvalue weighted by atomic mass is 79.9. The minimum atomic E-state index is -0.110. The first kappa shape index (κ1) is 17.8. The van der Waals surface area contributed by atoms with Gasteiger partial charge < -0.3 is 9.64 Å². The van der Waals surface area contributed by atoms with Gasteiger partial charge in [0.25, 0.3) is 5.91 Å². The lowest BCUT2D eigenvalue weighted by Gasteiger charge is -2.16. The monoisotopic (exact) mass is 384 g/mol. The Bertz CT molecular complexity index is 792. The Balaban J connectivity index is 2.03. The van der Waals surface area contributed by atoms with Crippen LogP contribution in [0.2, 0.25) is 0 Å². The molecule has 0 aliphatic carbocycles. The Hall–Kier alpha value is -2.58. The average Bonchev–Trinajstić information content (AvgIpc) is 2.60. The largest absolute Gasteiger partial charge is 0.479 e. The number of hydrogen-bond acceptors (Lipinski definition) is 3. The molecule has 0 unspecified atom stereocenters. The standard InChI is InChI=1S/C19H17BrN2O2/c1-14-13-16(6-9-18(14)20)22(2)19(23)10-5-15-3-7-17(8-4-15)24-12-11-21/h3-10,13H,12H2,1-2H3/b10-5+. The van der Waals surface area contributed by atoms with Gasteiger partial charge in [-0.1, -0.05) is 28.1 Å². The molecule has 122 valence electrons. The van der Waals surface area contributed by atoms with E-state index in [1.807, 2.05) is 43.3 Å². The predicted octanol–water partition coefficient (Wildman–Crippen LogP) is 4.34. The van der Waals surface area contributed by atoms with Crippen LogP contribution in [0.4, 0.5) is 5.69 Å². The molecule has 0 bridgehead atoms. The molecule has 0 atom stereocenters. The maximum absolute atomic E-state index is 12.3. The van der Waals surface area contributed by atoms with E-state index in [1.54, 1.807) is 30.2 Å². The van der Waals surface area contributed by atoms with Crippen molar-refractivity contribution in [3.63, 3.8) is 0 Å². The number of carbonyl (C=O) groups is 1. The zero-order chi connectivity index (χ0) is 17.5. The van der Waals surface area contributed by atoms with E-state index >= 15 is 0 Å². The first-order chi connectivity index (χ1) is 11.5. The molecule has 0 aliphatic heterocycles. The molecule has 4 nitrogen and oxygen atoms in total. The quantitative estimate of drug-likeness (QED) is 0.720. The fourth-order valence-corrected chi connectivity index (χ4v) is 2.28. The van der Waals surface area contributed by atoms with E-state index in [0.717, 1.165) is 21.3 Å². The Morgan fingerprint density at radius 3 is 2.62 bits per heavy atom. The molecule has 1 amide bonds. The molecule has 24 heavy (non-hydrogen) atoms. The van der Waals surface area contributed by atoms with Crippen molar-refractivity contribution in [3.8, 4) is 11.8 Å². The summed E-state index contributed by atoms with van der Waals surface area (Å²) in [7, 11) is 1.74. The third kappa shape index (κ3) is 4.71. The first-order valence-electron chi connectivity index (χ1n) is 7.33. The smallest absolute Gasteiger partial charge is 0.250 e. The van der Waals surface area contributed by atoms with Gasteiger partial charge in [0.1, 0.15) is 11.8 Å². The number of halogens is 1. The van der Waals surface area contributed by atoms with Gasteiger partial charge in [0.2, 0.25) is 0 Å². The van der Waals surface area contributed by atoms with Crippen molar-refractivity contribution in [2.75, 3.05) is 18.6 Å². The van der Waals surface area contributed by atoms with E-state index in [9.17, 15) is 4.79 Å². The van der Waals surface area contributed by atoms with Gasteiger partial charge in [-0.15, -0.1) is 0 Å². The number of hydrogen-bond donors (Lipinski definition) is 0. The van der Waals surface area contributed by atoms with Gasteiger partial charge in [-0.25, -0.2) is 0 Å². The molecule has 5 heteroatoms. The lowest BCUT2D eigenvalue weighted by molar-refractivity contribution is -0.113. The fraction of sp³-hybridized carbons (Fsp3) is 0.158. The van der Waals surface area contributed by atoms with Crippen molar-refractivity contribution in [3.05, 3.63) is 64.1 Å². The number of anilines is 1. The lowest BCUT2D eigenvalue weighted by atomic mass is 10.2. The highest BCUT2D eigenvalue weighted by molar-refractivity contribution is 9.10. The molecule has 0 N–H and O–H groups in total. The first-order valence-corrected chi connectivity index (χ1v) is 8.12. The van der Waals surface area contributed by atoms with Gasteiger partial charge in [-0.3, -0.25) is 4.79 Å². The Labute approximate surface area is 150 Å². The predicted molar refractivity (Wildman–Crippen MR) is 98.9 cm³/mol. The summed E-state index contributed by atoms with van der Waals surface area (Å²) in [5.74, 6) is 0.518. The Morgan fingerprint density at radius 2 is 2.00 bits per heavy atom. The summed E-state index contributed by atoms with van der Waals surface area (Å²) < 4.78 is 6.20. The number of nitriles is 1. The molecule has 0 saturated heterocycles. The van der Waals surface area contributed by atoms with E-state index in [2.05, 4.69) is 15.9 Å². The van der Waals surface area contributed by atoms with Crippen LogP contribution in [0.3, 0.4) is 0 Å². The molecule has 2 aromatic carbocycles. The molecule has 0 aliphatic rings. The van der Waals surface area contributed by atoms with Gasteiger partial charge in [0.15, 0.2) is 6.61 Å². The summed E-state index contributed by atoms with van der Waals surface area (Å²) in [5, 5.41) is 8.47. The molecule has 2 rings (SSSR count). The second-order valence-corrected chi connectivity index (χ2v) is 6.03. The number of aryl methyl sites for hydroxylation is 1. The minimum absolute atomic E-state index is 0.0189. The van der Waals surface area contributed by atoms with Crippen LogP contribution >= 0.6 is 15.9 Å². The van der Waals surface area contributed by atoms with E-state index in [4.69, 9.17) is 10.00 Å². The molecule has 2 aromatic rings. The molecule has 0 radical (unpaired) electrons. The Kier molecular flexibility index (Phi) is 6.16. The van der Waals surface area contributed by atoms with Crippen LogP contribution in [0.25, 0.3) is 6.08 Å². The average molecular weight is 385 g/mol. The zero-order valence-electron chi connectivity index (χ0n) is 13.5. The number of ether oxygens (including phenoxy) is 1. The number of nitrogens with zero attached hydrogens (tertiary/aromatic N) is 2. The topological polar surface area (TPSA) is 53.3 Å². The summed E-state index contributed by atoms with van der Waals surface area (Å²) in [5.41, 5.74) is 2.79. The molecule has 0 saturated carbocycles. The summed E-state index contributed by atoms with van der Waals surface area (Å²) >= 11 is 3.45. The van der Waals surface area contributed by atoms with Gasteiger partial charge >= 0.3 is 0 Å². The zero-order valence-corrected chi connectivity index (χ0v) is 15.1. The second-order valence-electron chi connectivity index (χ2n) is 5.18.